The molecule has 0 radical (unpaired) electrons. The molecular formula is C17H25N5O3S. The molecule has 1 aromatic heterocycles. The van der Waals surface area contributed by atoms with Gasteiger partial charge in [-0.05, 0) is 24.8 Å². The van der Waals surface area contributed by atoms with Gasteiger partial charge in [-0.1, -0.05) is 0 Å². The molecule has 1 unspecified atom stereocenters. The lowest BCUT2D eigenvalue weighted by Gasteiger charge is -2.33. The second-order valence-electron chi connectivity index (χ2n) is 6.54. The van der Waals surface area contributed by atoms with Crippen molar-refractivity contribution < 1.29 is 13.7 Å². The number of nitrogens with one attached hydrogen (secondary N) is 2. The molecule has 9 heteroatoms. The molecule has 1 saturated heterocycles. The average Bonchev–Trinajstić information content (AvgIpc) is 2.64. The molecular weight excluding hydrogens is 354 g/mol. The van der Waals surface area contributed by atoms with Crippen molar-refractivity contribution in [2.75, 3.05) is 45.0 Å². The van der Waals surface area contributed by atoms with Crippen molar-refractivity contribution in [3.8, 4) is 11.5 Å². The highest BCUT2D eigenvalue weighted by molar-refractivity contribution is 7.89. The van der Waals surface area contributed by atoms with E-state index in [1.165, 1.54) is 6.26 Å². The third-order valence-electron chi connectivity index (χ3n) is 4.68. The molecule has 0 amide bonds. The number of aromatic nitrogens is 2. The molecule has 0 aliphatic carbocycles. The third kappa shape index (κ3) is 4.16. The van der Waals surface area contributed by atoms with Gasteiger partial charge in [0.1, 0.15) is 22.1 Å². The Hall–Kier alpha value is -2.13. The first-order valence-electron chi connectivity index (χ1n) is 8.51. The van der Waals surface area contributed by atoms with Crippen LogP contribution < -0.4 is 19.1 Å². The largest absolute Gasteiger partial charge is 0.493 e. The van der Waals surface area contributed by atoms with E-state index in [0.717, 1.165) is 42.7 Å². The van der Waals surface area contributed by atoms with Crippen molar-refractivity contribution in [1.29, 1.82) is 4.78 Å². The van der Waals surface area contributed by atoms with E-state index in [1.807, 2.05) is 12.1 Å². The monoisotopic (exact) mass is 379 g/mol. The first-order chi connectivity index (χ1) is 12.4. The number of ether oxygens (including phenoxy) is 2. The Labute approximate surface area is 154 Å². The molecule has 1 aromatic carbocycles. The van der Waals surface area contributed by atoms with Gasteiger partial charge in [-0.15, -0.1) is 0 Å². The summed E-state index contributed by atoms with van der Waals surface area (Å²) in [5, 5.41) is 0.935. The van der Waals surface area contributed by atoms with Crippen LogP contribution in [0.3, 0.4) is 0 Å². The highest BCUT2D eigenvalue weighted by Crippen LogP contribution is 2.35. The fourth-order valence-corrected chi connectivity index (χ4v) is 3.80. The summed E-state index contributed by atoms with van der Waals surface area (Å²) in [5.41, 5.74) is 0.816. The van der Waals surface area contributed by atoms with Crippen LogP contribution in [0.4, 0.5) is 5.82 Å². The molecule has 2 N–H and O–H groups in total. The smallest absolute Gasteiger partial charge is 0.162 e. The molecule has 2 aromatic rings. The molecule has 8 nitrogen and oxygen atoms in total. The minimum absolute atomic E-state index is 0.417. The van der Waals surface area contributed by atoms with Gasteiger partial charge in [-0.3, -0.25) is 0 Å². The minimum atomic E-state index is -2.64. The van der Waals surface area contributed by atoms with E-state index in [9.17, 15) is 4.21 Å². The lowest BCUT2D eigenvalue weighted by Crippen LogP contribution is -2.38. The summed E-state index contributed by atoms with van der Waals surface area (Å²) in [6.45, 7) is 2.33. The van der Waals surface area contributed by atoms with Crippen LogP contribution in [-0.4, -0.2) is 54.3 Å². The molecule has 3 rings (SSSR count). The van der Waals surface area contributed by atoms with E-state index in [4.69, 9.17) is 14.3 Å². The first-order valence-corrected chi connectivity index (χ1v) is 10.5. The Bertz CT molecular complexity index is 879. The summed E-state index contributed by atoms with van der Waals surface area (Å²) >= 11 is 0. The Morgan fingerprint density at radius 2 is 1.88 bits per heavy atom. The zero-order chi connectivity index (χ0) is 18.7. The van der Waals surface area contributed by atoms with Gasteiger partial charge < -0.3 is 14.4 Å². The lowest BCUT2D eigenvalue weighted by molar-refractivity contribution is 0.355. The number of rotatable bonds is 6. The molecule has 0 bridgehead atoms. The summed E-state index contributed by atoms with van der Waals surface area (Å²) in [6, 6.07) is 3.78. The van der Waals surface area contributed by atoms with Gasteiger partial charge in [-0.25, -0.2) is 23.7 Å². The maximum atomic E-state index is 11.5. The van der Waals surface area contributed by atoms with Crippen LogP contribution in [0.1, 0.15) is 12.8 Å². The van der Waals surface area contributed by atoms with E-state index in [2.05, 4.69) is 19.6 Å². The molecule has 26 heavy (non-hydrogen) atoms. The Morgan fingerprint density at radius 3 is 2.50 bits per heavy atom. The van der Waals surface area contributed by atoms with Crippen LogP contribution in [-0.2, 0) is 9.92 Å². The van der Waals surface area contributed by atoms with Crippen molar-refractivity contribution in [2.24, 2.45) is 5.92 Å². The maximum Gasteiger partial charge on any atom is 0.162 e. The highest BCUT2D eigenvalue weighted by atomic mass is 32.2. The van der Waals surface area contributed by atoms with Gasteiger partial charge in [0.15, 0.2) is 11.5 Å². The quantitative estimate of drug-likeness (QED) is 0.797. The number of piperidine rings is 1. The van der Waals surface area contributed by atoms with Gasteiger partial charge in [0.05, 0.1) is 19.7 Å². The topological polar surface area (TPSA) is 100 Å². The SMILES string of the molecule is COc1cc2ncnc(N3CCC(CNS(C)(=N)=O)CC3)c2cc1OC. The summed E-state index contributed by atoms with van der Waals surface area (Å²) in [4.78, 5) is 11.1. The van der Waals surface area contributed by atoms with Crippen LogP contribution >= 0.6 is 0 Å². The number of fused-ring (bicyclic) bond motifs is 1. The second kappa shape index (κ2) is 7.63. The minimum Gasteiger partial charge on any atom is -0.493 e. The number of nitrogens with zero attached hydrogens (tertiary/aromatic N) is 3. The predicted octanol–water partition coefficient (Wildman–Crippen LogP) is 2.04. The average molecular weight is 379 g/mol. The van der Waals surface area contributed by atoms with Crippen LogP contribution in [0.2, 0.25) is 0 Å². The van der Waals surface area contributed by atoms with E-state index in [-0.39, 0.29) is 0 Å². The number of hydrogen-bond donors (Lipinski definition) is 2. The summed E-state index contributed by atoms with van der Waals surface area (Å²) in [7, 11) is 0.580. The van der Waals surface area contributed by atoms with Gasteiger partial charge in [0.2, 0.25) is 0 Å². The predicted molar refractivity (Wildman–Crippen MR) is 102 cm³/mol. The van der Waals surface area contributed by atoms with Crippen molar-refractivity contribution >= 4 is 26.6 Å². The molecule has 142 valence electrons. The van der Waals surface area contributed by atoms with E-state index in [0.29, 0.717) is 24.0 Å². The van der Waals surface area contributed by atoms with Crippen LogP contribution in [0.25, 0.3) is 10.9 Å². The molecule has 1 fully saturated rings. The van der Waals surface area contributed by atoms with E-state index >= 15 is 0 Å². The summed E-state index contributed by atoms with van der Waals surface area (Å²) < 4.78 is 32.5. The number of anilines is 1. The number of methoxy groups -OCH3 is 2. The first kappa shape index (κ1) is 18.7. The summed E-state index contributed by atoms with van der Waals surface area (Å²) in [5.74, 6) is 2.61. The van der Waals surface area contributed by atoms with E-state index in [1.54, 1.807) is 20.5 Å². The Balaban J connectivity index is 1.79. The fraction of sp³-hybridized carbons (Fsp3) is 0.529. The van der Waals surface area contributed by atoms with Gasteiger partial charge in [0.25, 0.3) is 0 Å². The van der Waals surface area contributed by atoms with Gasteiger partial charge in [0, 0.05) is 37.3 Å². The molecule has 1 atom stereocenters. The standard InChI is InChI=1S/C17H25N5O3S/c1-24-15-8-13-14(9-16(15)25-2)19-11-20-17(13)22-6-4-12(5-7-22)10-21-26(3,18)23/h8-9,11-12H,4-7,10H2,1-3H3,(H2,18,21,23). The van der Waals surface area contributed by atoms with Crippen molar-refractivity contribution in [2.45, 2.75) is 12.8 Å². The van der Waals surface area contributed by atoms with Crippen molar-refractivity contribution in [3.63, 3.8) is 0 Å². The molecule has 0 saturated carbocycles. The molecule has 0 spiro atoms. The zero-order valence-corrected chi connectivity index (χ0v) is 16.1. The van der Waals surface area contributed by atoms with Crippen molar-refractivity contribution in [1.82, 2.24) is 14.7 Å². The third-order valence-corrected chi connectivity index (χ3v) is 5.40. The van der Waals surface area contributed by atoms with Crippen LogP contribution in [0.15, 0.2) is 18.5 Å². The molecule has 2 heterocycles. The van der Waals surface area contributed by atoms with Gasteiger partial charge in [-0.2, -0.15) is 0 Å². The second-order valence-corrected chi connectivity index (χ2v) is 8.52. The normalized spacial score (nSPS) is 17.9. The fourth-order valence-electron chi connectivity index (χ4n) is 3.25. The van der Waals surface area contributed by atoms with Crippen LogP contribution in [0.5, 0.6) is 11.5 Å². The maximum absolute atomic E-state index is 11.5. The lowest BCUT2D eigenvalue weighted by atomic mass is 9.97. The molecule has 1 aliphatic heterocycles. The molecule has 1 aliphatic rings. The Morgan fingerprint density at radius 1 is 1.23 bits per heavy atom. The number of hydrogen-bond acceptors (Lipinski definition) is 7. The van der Waals surface area contributed by atoms with Crippen LogP contribution in [0, 0.1) is 10.7 Å². The van der Waals surface area contributed by atoms with E-state index < -0.39 is 9.92 Å². The van der Waals surface area contributed by atoms with Crippen molar-refractivity contribution in [3.05, 3.63) is 18.5 Å². The number of benzene rings is 1. The Kier molecular flexibility index (Phi) is 5.47. The van der Waals surface area contributed by atoms with Gasteiger partial charge >= 0.3 is 0 Å². The zero-order valence-electron chi connectivity index (χ0n) is 15.3. The summed E-state index contributed by atoms with van der Waals surface area (Å²) in [6.07, 6.45) is 4.91. The highest BCUT2D eigenvalue weighted by Gasteiger charge is 2.22.